The minimum atomic E-state index is -0.253. The molecule has 1 heterocycles. The first-order valence-corrected chi connectivity index (χ1v) is 3.99. The molecule has 1 aromatic heterocycles. The zero-order valence-corrected chi connectivity index (χ0v) is 6.19. The van der Waals surface area contributed by atoms with Gasteiger partial charge in [-0.15, -0.1) is 0 Å². The minimum absolute atomic E-state index is 0.253. The second-order valence-corrected chi connectivity index (χ2v) is 2.76. The van der Waals surface area contributed by atoms with Gasteiger partial charge in [-0.05, 0) is 28.8 Å². The van der Waals surface area contributed by atoms with Gasteiger partial charge in [-0.3, -0.25) is 0 Å². The van der Waals surface area contributed by atoms with E-state index in [1.54, 1.807) is 11.3 Å². The lowest BCUT2D eigenvalue weighted by Crippen LogP contribution is -1.90. The predicted octanol–water partition coefficient (Wildman–Crippen LogP) is 2.19. The molecule has 0 amide bonds. The van der Waals surface area contributed by atoms with Gasteiger partial charge < -0.3 is 5.11 Å². The van der Waals surface area contributed by atoms with Crippen molar-refractivity contribution in [2.75, 3.05) is 0 Å². The number of hydrogen-bond donors (Lipinski definition) is 1. The molecule has 1 nitrogen and oxygen atoms in total. The average Bonchev–Trinajstić information content (AvgIpc) is 2.37. The minimum Gasteiger partial charge on any atom is -0.388 e. The molecule has 9 heavy (non-hydrogen) atoms. The summed E-state index contributed by atoms with van der Waals surface area (Å²) in [5.74, 6) is 0. The van der Waals surface area contributed by atoms with Crippen molar-refractivity contribution in [2.45, 2.75) is 19.4 Å². The Morgan fingerprint density at radius 1 is 1.78 bits per heavy atom. The maximum Gasteiger partial charge on any atom is 0.0795 e. The molecule has 1 rings (SSSR count). The van der Waals surface area contributed by atoms with Crippen LogP contribution in [0.4, 0.5) is 0 Å². The molecule has 1 atom stereocenters. The summed E-state index contributed by atoms with van der Waals surface area (Å²) in [6, 6.07) is 1.96. The van der Waals surface area contributed by atoms with E-state index in [1.807, 2.05) is 23.8 Å². The summed E-state index contributed by atoms with van der Waals surface area (Å²) >= 11 is 1.62. The monoisotopic (exact) mass is 142 g/mol. The number of rotatable bonds is 2. The summed E-state index contributed by atoms with van der Waals surface area (Å²) in [7, 11) is 0. The third-order valence-corrected chi connectivity index (χ3v) is 2.02. The molecule has 2 heteroatoms. The molecule has 0 bridgehead atoms. The Hall–Kier alpha value is -0.340. The van der Waals surface area contributed by atoms with Gasteiger partial charge in [-0.2, -0.15) is 11.3 Å². The van der Waals surface area contributed by atoms with Crippen molar-refractivity contribution in [2.24, 2.45) is 0 Å². The van der Waals surface area contributed by atoms with Crippen LogP contribution in [-0.4, -0.2) is 5.11 Å². The SMILES string of the molecule is CC[C@H](O)c1ccsc1. The van der Waals surface area contributed by atoms with E-state index < -0.39 is 0 Å². The number of thiophene rings is 1. The Morgan fingerprint density at radius 3 is 3.00 bits per heavy atom. The summed E-state index contributed by atoms with van der Waals surface area (Å²) in [4.78, 5) is 0. The van der Waals surface area contributed by atoms with Crippen molar-refractivity contribution in [1.82, 2.24) is 0 Å². The lowest BCUT2D eigenvalue weighted by atomic mass is 10.1. The zero-order valence-electron chi connectivity index (χ0n) is 5.37. The Kier molecular flexibility index (Phi) is 2.25. The third kappa shape index (κ3) is 1.53. The average molecular weight is 142 g/mol. The maximum atomic E-state index is 9.22. The van der Waals surface area contributed by atoms with Crippen molar-refractivity contribution >= 4 is 11.3 Å². The van der Waals surface area contributed by atoms with Crippen LogP contribution in [0.15, 0.2) is 16.8 Å². The van der Waals surface area contributed by atoms with Crippen LogP contribution in [0.5, 0.6) is 0 Å². The van der Waals surface area contributed by atoms with Gasteiger partial charge in [-0.25, -0.2) is 0 Å². The fourth-order valence-corrected chi connectivity index (χ4v) is 1.41. The maximum absolute atomic E-state index is 9.22. The highest BCUT2D eigenvalue weighted by Gasteiger charge is 2.02. The predicted molar refractivity (Wildman–Crippen MR) is 39.6 cm³/mol. The van der Waals surface area contributed by atoms with Crippen molar-refractivity contribution in [3.8, 4) is 0 Å². The molecule has 0 aliphatic rings. The Labute approximate surface area is 59.0 Å². The quantitative estimate of drug-likeness (QED) is 0.671. The number of aliphatic hydroxyl groups excluding tert-OH is 1. The molecular formula is C7H10OS. The highest BCUT2D eigenvalue weighted by atomic mass is 32.1. The van der Waals surface area contributed by atoms with Gasteiger partial charge in [0.25, 0.3) is 0 Å². The van der Waals surface area contributed by atoms with Crippen molar-refractivity contribution in [3.05, 3.63) is 22.4 Å². The van der Waals surface area contributed by atoms with Crippen LogP contribution < -0.4 is 0 Å². The molecule has 50 valence electrons. The van der Waals surface area contributed by atoms with E-state index in [0.717, 1.165) is 12.0 Å². The highest BCUT2D eigenvalue weighted by Crippen LogP contribution is 2.17. The van der Waals surface area contributed by atoms with Crippen molar-refractivity contribution in [3.63, 3.8) is 0 Å². The summed E-state index contributed by atoms with van der Waals surface area (Å²) < 4.78 is 0. The van der Waals surface area contributed by atoms with Crippen molar-refractivity contribution < 1.29 is 5.11 Å². The largest absolute Gasteiger partial charge is 0.388 e. The van der Waals surface area contributed by atoms with Gasteiger partial charge in [0.15, 0.2) is 0 Å². The molecule has 0 saturated carbocycles. The summed E-state index contributed by atoms with van der Waals surface area (Å²) in [5.41, 5.74) is 1.04. The molecule has 1 aromatic rings. The van der Waals surface area contributed by atoms with Gasteiger partial charge in [-0.1, -0.05) is 6.92 Å². The van der Waals surface area contributed by atoms with Gasteiger partial charge in [0.1, 0.15) is 0 Å². The molecule has 0 spiro atoms. The van der Waals surface area contributed by atoms with E-state index in [9.17, 15) is 5.11 Å². The molecule has 0 aliphatic heterocycles. The fraction of sp³-hybridized carbons (Fsp3) is 0.429. The molecule has 0 radical (unpaired) electrons. The molecule has 0 fully saturated rings. The first-order chi connectivity index (χ1) is 4.34. The molecule has 0 unspecified atom stereocenters. The highest BCUT2D eigenvalue weighted by molar-refractivity contribution is 7.07. The van der Waals surface area contributed by atoms with E-state index in [1.165, 1.54) is 0 Å². The van der Waals surface area contributed by atoms with Gasteiger partial charge in [0.2, 0.25) is 0 Å². The summed E-state index contributed by atoms with van der Waals surface area (Å²) in [6.45, 7) is 1.97. The molecular weight excluding hydrogens is 132 g/mol. The van der Waals surface area contributed by atoms with E-state index in [-0.39, 0.29) is 6.10 Å². The second-order valence-electron chi connectivity index (χ2n) is 1.98. The van der Waals surface area contributed by atoms with Gasteiger partial charge in [0.05, 0.1) is 6.10 Å². The van der Waals surface area contributed by atoms with Crippen molar-refractivity contribution in [1.29, 1.82) is 0 Å². The third-order valence-electron chi connectivity index (χ3n) is 1.31. The molecule has 0 saturated heterocycles. The van der Waals surface area contributed by atoms with Gasteiger partial charge >= 0.3 is 0 Å². The lowest BCUT2D eigenvalue weighted by molar-refractivity contribution is 0.174. The van der Waals surface area contributed by atoms with Crippen LogP contribution in [0.1, 0.15) is 25.0 Å². The summed E-state index contributed by atoms with van der Waals surface area (Å²) in [5, 5.41) is 13.2. The van der Waals surface area contributed by atoms with E-state index in [2.05, 4.69) is 0 Å². The fourth-order valence-electron chi connectivity index (χ4n) is 0.700. The van der Waals surface area contributed by atoms with Crippen LogP contribution in [-0.2, 0) is 0 Å². The van der Waals surface area contributed by atoms with E-state index in [4.69, 9.17) is 0 Å². The number of hydrogen-bond acceptors (Lipinski definition) is 2. The smallest absolute Gasteiger partial charge is 0.0795 e. The normalized spacial score (nSPS) is 13.6. The van der Waals surface area contributed by atoms with Crippen LogP contribution in [0.25, 0.3) is 0 Å². The first-order valence-electron chi connectivity index (χ1n) is 3.04. The van der Waals surface area contributed by atoms with E-state index >= 15 is 0 Å². The Balaban J connectivity index is 2.65. The van der Waals surface area contributed by atoms with Crippen LogP contribution >= 0.6 is 11.3 Å². The number of aliphatic hydroxyl groups is 1. The topological polar surface area (TPSA) is 20.2 Å². The van der Waals surface area contributed by atoms with Crippen LogP contribution in [0, 0.1) is 0 Å². The Bertz CT molecular complexity index is 157. The van der Waals surface area contributed by atoms with Gasteiger partial charge in [0, 0.05) is 0 Å². The Morgan fingerprint density at radius 2 is 2.56 bits per heavy atom. The second kappa shape index (κ2) is 2.99. The first kappa shape index (κ1) is 6.78. The molecule has 0 aliphatic carbocycles. The van der Waals surface area contributed by atoms with Crippen LogP contribution in [0.3, 0.4) is 0 Å². The molecule has 0 aromatic carbocycles. The lowest BCUT2D eigenvalue weighted by Gasteiger charge is -2.01. The summed E-state index contributed by atoms with van der Waals surface area (Å²) in [6.07, 6.45) is 0.549. The van der Waals surface area contributed by atoms with Crippen LogP contribution in [0.2, 0.25) is 0 Å². The molecule has 1 N–H and O–H groups in total. The zero-order chi connectivity index (χ0) is 6.69. The standard InChI is InChI=1S/C7H10OS/c1-2-7(8)6-3-4-9-5-6/h3-5,7-8H,2H2,1H3/t7-/m0/s1. The van der Waals surface area contributed by atoms with E-state index in [0.29, 0.717) is 0 Å².